The molecule has 2 nitrogen and oxygen atoms in total. The molecule has 2 aromatic rings. The van der Waals surface area contributed by atoms with Crippen molar-refractivity contribution in [2.24, 2.45) is 5.92 Å². The fraction of sp³-hybridized carbons (Fsp3) is 0.188. The number of nitrogens with one attached hydrogen (secondary N) is 1. The predicted octanol–water partition coefficient (Wildman–Crippen LogP) is 4.35. The van der Waals surface area contributed by atoms with Gasteiger partial charge in [0, 0.05) is 5.92 Å². The number of alkyl halides is 2. The Morgan fingerprint density at radius 2 is 1.67 bits per heavy atom. The van der Waals surface area contributed by atoms with Gasteiger partial charge in [-0.2, -0.15) is 0 Å². The number of benzene rings is 2. The molecule has 2 aromatic carbocycles. The van der Waals surface area contributed by atoms with Crippen molar-refractivity contribution in [3.8, 4) is 0 Å². The van der Waals surface area contributed by atoms with Gasteiger partial charge in [-0.15, -0.1) is 23.2 Å². The van der Waals surface area contributed by atoms with Crippen LogP contribution >= 0.6 is 23.2 Å². The average molecular weight is 324 g/mol. The fourth-order valence-electron chi connectivity index (χ4n) is 2.50. The van der Waals surface area contributed by atoms with E-state index in [1.165, 1.54) is 12.1 Å². The van der Waals surface area contributed by atoms with Crippen LogP contribution in [0.3, 0.4) is 0 Å². The van der Waals surface area contributed by atoms with Gasteiger partial charge < -0.3 is 5.32 Å². The summed E-state index contributed by atoms with van der Waals surface area (Å²) in [5.74, 6) is -1.74. The lowest BCUT2D eigenvalue weighted by atomic mass is 10.1. The first-order valence-electron chi connectivity index (χ1n) is 6.50. The van der Waals surface area contributed by atoms with E-state index in [4.69, 9.17) is 23.2 Å². The van der Waals surface area contributed by atoms with Crippen molar-refractivity contribution in [3.63, 3.8) is 0 Å². The third-order valence-electron chi connectivity index (χ3n) is 3.63. The van der Waals surface area contributed by atoms with E-state index in [2.05, 4.69) is 5.32 Å². The Balaban J connectivity index is 1.79. The van der Waals surface area contributed by atoms with E-state index < -0.39 is 16.1 Å². The SMILES string of the molecule is O=C(Nc1ccccc1F)[C@@H]1[C@@H](c2ccccc2)C1(Cl)Cl. The van der Waals surface area contributed by atoms with Crippen molar-refractivity contribution in [1.82, 2.24) is 0 Å². The molecule has 1 fully saturated rings. The number of carbonyl (C=O) groups is 1. The number of anilines is 1. The van der Waals surface area contributed by atoms with Gasteiger partial charge in [0.1, 0.15) is 10.2 Å². The minimum atomic E-state index is -1.16. The van der Waals surface area contributed by atoms with Crippen molar-refractivity contribution in [2.75, 3.05) is 5.32 Å². The second-order valence-corrected chi connectivity index (χ2v) is 6.45. The van der Waals surface area contributed by atoms with Crippen LogP contribution < -0.4 is 5.32 Å². The summed E-state index contributed by atoms with van der Waals surface area (Å²) < 4.78 is 12.4. The van der Waals surface area contributed by atoms with E-state index >= 15 is 0 Å². The van der Waals surface area contributed by atoms with Crippen molar-refractivity contribution >= 4 is 34.8 Å². The lowest BCUT2D eigenvalue weighted by molar-refractivity contribution is -0.117. The highest BCUT2D eigenvalue weighted by Gasteiger charge is 2.67. The zero-order valence-corrected chi connectivity index (χ0v) is 12.4. The largest absolute Gasteiger partial charge is 0.323 e. The first kappa shape index (κ1) is 14.4. The summed E-state index contributed by atoms with van der Waals surface area (Å²) in [6.07, 6.45) is 0. The molecule has 0 saturated heterocycles. The molecule has 108 valence electrons. The maximum atomic E-state index is 13.6. The quantitative estimate of drug-likeness (QED) is 0.836. The van der Waals surface area contributed by atoms with Gasteiger partial charge >= 0.3 is 0 Å². The van der Waals surface area contributed by atoms with Crippen LogP contribution in [0.1, 0.15) is 11.5 Å². The third kappa shape index (κ3) is 2.63. The zero-order valence-electron chi connectivity index (χ0n) is 10.9. The molecule has 0 radical (unpaired) electrons. The van der Waals surface area contributed by atoms with E-state index in [-0.39, 0.29) is 17.5 Å². The summed E-state index contributed by atoms with van der Waals surface area (Å²) in [4.78, 5) is 12.3. The summed E-state index contributed by atoms with van der Waals surface area (Å²) >= 11 is 12.4. The van der Waals surface area contributed by atoms with Crippen molar-refractivity contribution < 1.29 is 9.18 Å². The van der Waals surface area contributed by atoms with E-state index in [0.29, 0.717) is 0 Å². The molecule has 0 aliphatic heterocycles. The van der Waals surface area contributed by atoms with E-state index in [1.807, 2.05) is 30.3 Å². The maximum Gasteiger partial charge on any atom is 0.231 e. The molecule has 0 heterocycles. The molecular formula is C16H12Cl2FNO. The summed E-state index contributed by atoms with van der Waals surface area (Å²) in [7, 11) is 0. The highest BCUT2D eigenvalue weighted by atomic mass is 35.5. The van der Waals surface area contributed by atoms with Crippen LogP contribution in [0.25, 0.3) is 0 Å². The Bertz CT molecular complexity index is 675. The average Bonchev–Trinajstić information content (AvgIpc) is 3.05. The molecule has 0 bridgehead atoms. The number of hydrogen-bond acceptors (Lipinski definition) is 1. The van der Waals surface area contributed by atoms with Gasteiger partial charge in [0.2, 0.25) is 5.91 Å². The molecule has 1 aliphatic carbocycles. The molecular weight excluding hydrogens is 312 g/mol. The van der Waals surface area contributed by atoms with Crippen LogP contribution in [-0.2, 0) is 4.79 Å². The number of halogens is 3. The molecule has 1 N–H and O–H groups in total. The molecule has 1 aliphatic rings. The van der Waals surface area contributed by atoms with Crippen LogP contribution in [0.2, 0.25) is 0 Å². The van der Waals surface area contributed by atoms with Gasteiger partial charge in [-0.3, -0.25) is 4.79 Å². The van der Waals surface area contributed by atoms with Crippen molar-refractivity contribution in [2.45, 2.75) is 10.3 Å². The lowest BCUT2D eigenvalue weighted by Gasteiger charge is -2.05. The second kappa shape index (κ2) is 5.32. The molecule has 0 unspecified atom stereocenters. The molecule has 2 atom stereocenters. The van der Waals surface area contributed by atoms with Crippen LogP contribution in [0, 0.1) is 11.7 Å². The Labute approximate surface area is 131 Å². The molecule has 0 spiro atoms. The summed E-state index contributed by atoms with van der Waals surface area (Å²) in [5.41, 5.74) is 1.03. The maximum absolute atomic E-state index is 13.6. The number of rotatable bonds is 3. The van der Waals surface area contributed by atoms with Crippen LogP contribution in [-0.4, -0.2) is 10.2 Å². The second-order valence-electron chi connectivity index (χ2n) is 5.01. The lowest BCUT2D eigenvalue weighted by Crippen LogP contribution is -2.17. The summed E-state index contributed by atoms with van der Waals surface area (Å²) in [6, 6.07) is 15.3. The summed E-state index contributed by atoms with van der Waals surface area (Å²) in [6.45, 7) is 0. The van der Waals surface area contributed by atoms with Crippen LogP contribution in [0.5, 0.6) is 0 Å². The first-order valence-corrected chi connectivity index (χ1v) is 7.25. The van der Waals surface area contributed by atoms with Gasteiger partial charge in [0.25, 0.3) is 0 Å². The standard InChI is InChI=1S/C16H12Cl2FNO/c17-16(18)13(10-6-2-1-3-7-10)14(16)15(21)20-12-9-5-4-8-11(12)19/h1-9,13-14H,(H,20,21)/t13-,14+/m1/s1. The molecule has 5 heteroatoms. The first-order chi connectivity index (χ1) is 10.0. The minimum absolute atomic E-state index is 0.130. The Kier molecular flexibility index (Phi) is 3.64. The van der Waals surface area contributed by atoms with Gasteiger partial charge in [0.05, 0.1) is 11.6 Å². The smallest absolute Gasteiger partial charge is 0.231 e. The Morgan fingerprint density at radius 3 is 2.33 bits per heavy atom. The van der Waals surface area contributed by atoms with E-state index in [1.54, 1.807) is 12.1 Å². The van der Waals surface area contributed by atoms with Gasteiger partial charge in [-0.1, -0.05) is 42.5 Å². The van der Waals surface area contributed by atoms with Crippen LogP contribution in [0.4, 0.5) is 10.1 Å². The highest BCUT2D eigenvalue weighted by molar-refractivity contribution is 6.53. The van der Waals surface area contributed by atoms with Gasteiger partial charge in [0.15, 0.2) is 0 Å². The molecule has 1 saturated carbocycles. The predicted molar refractivity (Wildman–Crippen MR) is 82.1 cm³/mol. The monoisotopic (exact) mass is 323 g/mol. The van der Waals surface area contributed by atoms with Crippen molar-refractivity contribution in [3.05, 3.63) is 66.0 Å². The van der Waals surface area contributed by atoms with E-state index in [0.717, 1.165) is 5.56 Å². The zero-order chi connectivity index (χ0) is 15.0. The third-order valence-corrected chi connectivity index (χ3v) is 4.57. The highest BCUT2D eigenvalue weighted by Crippen LogP contribution is 2.65. The van der Waals surface area contributed by atoms with E-state index in [9.17, 15) is 9.18 Å². The van der Waals surface area contributed by atoms with Gasteiger partial charge in [-0.05, 0) is 17.7 Å². The molecule has 21 heavy (non-hydrogen) atoms. The Morgan fingerprint density at radius 1 is 1.05 bits per heavy atom. The topological polar surface area (TPSA) is 29.1 Å². The van der Waals surface area contributed by atoms with Crippen molar-refractivity contribution in [1.29, 1.82) is 0 Å². The fourth-order valence-corrected chi connectivity index (χ4v) is 3.33. The number of carbonyl (C=O) groups excluding carboxylic acids is 1. The molecule has 0 aromatic heterocycles. The van der Waals surface area contributed by atoms with Gasteiger partial charge in [-0.25, -0.2) is 4.39 Å². The molecule has 1 amide bonds. The normalized spacial score (nSPS) is 22.6. The number of para-hydroxylation sites is 1. The number of amides is 1. The summed E-state index contributed by atoms with van der Waals surface area (Å²) in [5, 5.41) is 2.54. The Hall–Kier alpha value is -1.58. The number of hydrogen-bond donors (Lipinski definition) is 1. The molecule has 3 rings (SSSR count). The minimum Gasteiger partial charge on any atom is -0.323 e. The van der Waals surface area contributed by atoms with Crippen LogP contribution in [0.15, 0.2) is 54.6 Å².